The molecule has 2 aromatic carbocycles. The van der Waals surface area contributed by atoms with Crippen molar-refractivity contribution in [3.05, 3.63) is 63.1 Å². The highest BCUT2D eigenvalue weighted by molar-refractivity contribution is 9.10. The Morgan fingerprint density at radius 1 is 1.18 bits per heavy atom. The fraction of sp³-hybridized carbons (Fsp3) is 0.333. The molecule has 1 heterocycles. The van der Waals surface area contributed by atoms with Crippen LogP contribution in [0.5, 0.6) is 0 Å². The molecule has 0 amide bonds. The topological polar surface area (TPSA) is 12.5 Å². The number of fused-ring (bicyclic) bond motifs is 1. The molecule has 1 aliphatic heterocycles. The van der Waals surface area contributed by atoms with Crippen LogP contribution in [0.4, 0.5) is 5.69 Å². The predicted molar refractivity (Wildman–Crippen MR) is 95.8 cm³/mol. The zero-order valence-electron chi connectivity index (χ0n) is 12.4. The van der Waals surface area contributed by atoms with E-state index in [1.54, 1.807) is 0 Å². The van der Waals surface area contributed by atoms with Crippen LogP contribution >= 0.6 is 27.5 Å². The van der Waals surface area contributed by atoms with Gasteiger partial charge in [-0.05, 0) is 36.1 Å². The fourth-order valence-corrected chi connectivity index (χ4v) is 3.87. The Labute approximate surface area is 145 Å². The van der Waals surface area contributed by atoms with E-state index in [1.807, 2.05) is 24.3 Å². The van der Waals surface area contributed by atoms with Crippen molar-refractivity contribution in [3.8, 4) is 0 Å². The summed E-state index contributed by atoms with van der Waals surface area (Å²) < 4.78 is 6.81. The minimum absolute atomic E-state index is 0.686. The first-order valence-corrected chi connectivity index (χ1v) is 8.75. The van der Waals surface area contributed by atoms with Crippen LogP contribution < -0.4 is 4.90 Å². The number of anilines is 1. The summed E-state index contributed by atoms with van der Waals surface area (Å²) in [4.78, 5) is 2.37. The average molecular weight is 381 g/mol. The van der Waals surface area contributed by atoms with Crippen LogP contribution in [-0.4, -0.2) is 19.7 Å². The standard InChI is InChI=1S/C18H19BrClNO/c19-16-11-15-7-9-21(18(15)17(20)12-16)8-4-10-22-13-14-5-2-1-3-6-14/h1-3,5-6,11-12H,4,7-10,13H2. The molecule has 2 aromatic rings. The number of ether oxygens (including phenoxy) is 1. The molecule has 0 N–H and O–H groups in total. The monoisotopic (exact) mass is 379 g/mol. The molecule has 3 rings (SSSR count). The molecule has 0 radical (unpaired) electrons. The molecule has 0 aromatic heterocycles. The number of nitrogens with zero attached hydrogens (tertiary/aromatic N) is 1. The minimum Gasteiger partial charge on any atom is -0.377 e. The number of benzene rings is 2. The number of hydrogen-bond donors (Lipinski definition) is 0. The Morgan fingerprint density at radius 3 is 2.82 bits per heavy atom. The van der Waals surface area contributed by atoms with Crippen LogP contribution in [0, 0.1) is 0 Å². The van der Waals surface area contributed by atoms with E-state index in [9.17, 15) is 0 Å². The average Bonchev–Trinajstić information content (AvgIpc) is 2.91. The lowest BCUT2D eigenvalue weighted by Gasteiger charge is -2.20. The summed E-state index contributed by atoms with van der Waals surface area (Å²) >= 11 is 9.89. The second-order valence-corrected chi connectivity index (χ2v) is 6.85. The van der Waals surface area contributed by atoms with Crippen molar-refractivity contribution < 1.29 is 4.74 Å². The van der Waals surface area contributed by atoms with Crippen molar-refractivity contribution in [1.29, 1.82) is 0 Å². The van der Waals surface area contributed by atoms with Crippen LogP contribution in [0.25, 0.3) is 0 Å². The van der Waals surface area contributed by atoms with E-state index in [0.717, 1.165) is 42.0 Å². The molecule has 0 atom stereocenters. The maximum absolute atomic E-state index is 6.39. The van der Waals surface area contributed by atoms with Gasteiger partial charge >= 0.3 is 0 Å². The third kappa shape index (κ3) is 3.83. The van der Waals surface area contributed by atoms with Crippen molar-refractivity contribution in [1.82, 2.24) is 0 Å². The van der Waals surface area contributed by atoms with E-state index in [2.05, 4.69) is 39.0 Å². The van der Waals surface area contributed by atoms with Gasteiger partial charge in [0.2, 0.25) is 0 Å². The van der Waals surface area contributed by atoms with E-state index in [0.29, 0.717) is 6.61 Å². The van der Waals surface area contributed by atoms with E-state index in [-0.39, 0.29) is 0 Å². The second-order valence-electron chi connectivity index (χ2n) is 5.52. The second kappa shape index (κ2) is 7.49. The van der Waals surface area contributed by atoms with Crippen molar-refractivity contribution in [2.24, 2.45) is 0 Å². The summed E-state index contributed by atoms with van der Waals surface area (Å²) in [5.74, 6) is 0. The van der Waals surface area contributed by atoms with Crippen LogP contribution in [0.1, 0.15) is 17.5 Å². The van der Waals surface area contributed by atoms with Gasteiger partial charge in [-0.3, -0.25) is 0 Å². The quantitative estimate of drug-likeness (QED) is 0.649. The maximum atomic E-state index is 6.39. The van der Waals surface area contributed by atoms with Crippen molar-refractivity contribution in [2.75, 3.05) is 24.6 Å². The van der Waals surface area contributed by atoms with Gasteiger partial charge in [-0.25, -0.2) is 0 Å². The zero-order valence-corrected chi connectivity index (χ0v) is 14.7. The smallest absolute Gasteiger partial charge is 0.0716 e. The molecule has 0 saturated carbocycles. The summed E-state index contributed by atoms with van der Waals surface area (Å²) in [6, 6.07) is 14.4. The molecule has 0 aliphatic carbocycles. The van der Waals surface area contributed by atoms with Crippen molar-refractivity contribution in [2.45, 2.75) is 19.4 Å². The summed E-state index contributed by atoms with van der Waals surface area (Å²) in [5, 5.41) is 0.840. The van der Waals surface area contributed by atoms with Crippen LogP contribution in [0.15, 0.2) is 46.9 Å². The van der Waals surface area contributed by atoms with E-state index >= 15 is 0 Å². The van der Waals surface area contributed by atoms with Crippen molar-refractivity contribution in [3.63, 3.8) is 0 Å². The lowest BCUT2D eigenvalue weighted by Crippen LogP contribution is -2.23. The highest BCUT2D eigenvalue weighted by Gasteiger charge is 2.21. The van der Waals surface area contributed by atoms with E-state index in [1.165, 1.54) is 16.8 Å². The van der Waals surface area contributed by atoms with Crippen LogP contribution in [0.2, 0.25) is 5.02 Å². The van der Waals surface area contributed by atoms with Crippen molar-refractivity contribution >= 4 is 33.2 Å². The number of halogens is 2. The molecule has 2 nitrogen and oxygen atoms in total. The molecule has 4 heteroatoms. The molecular formula is C18H19BrClNO. The Morgan fingerprint density at radius 2 is 2.00 bits per heavy atom. The van der Waals surface area contributed by atoms with E-state index < -0.39 is 0 Å². The molecule has 0 bridgehead atoms. The highest BCUT2D eigenvalue weighted by atomic mass is 79.9. The van der Waals surface area contributed by atoms with Gasteiger partial charge in [0.15, 0.2) is 0 Å². The SMILES string of the molecule is Clc1cc(Br)cc2c1N(CCCOCc1ccccc1)CC2. The summed E-state index contributed by atoms with van der Waals surface area (Å²) in [5.41, 5.74) is 3.76. The molecule has 22 heavy (non-hydrogen) atoms. The zero-order chi connectivity index (χ0) is 15.4. The third-order valence-electron chi connectivity index (χ3n) is 3.90. The van der Waals surface area contributed by atoms with Crippen LogP contribution in [-0.2, 0) is 17.8 Å². The predicted octanol–water partition coefficient (Wildman–Crippen LogP) is 5.07. The molecule has 116 valence electrons. The van der Waals surface area contributed by atoms with Gasteiger partial charge < -0.3 is 9.64 Å². The largest absolute Gasteiger partial charge is 0.377 e. The van der Waals surface area contributed by atoms with Gasteiger partial charge in [0.25, 0.3) is 0 Å². The first-order chi connectivity index (χ1) is 10.7. The molecule has 0 saturated heterocycles. The Hall–Kier alpha value is -1.03. The van der Waals surface area contributed by atoms with E-state index in [4.69, 9.17) is 16.3 Å². The summed E-state index contributed by atoms with van der Waals surface area (Å²) in [6.07, 6.45) is 2.08. The summed E-state index contributed by atoms with van der Waals surface area (Å²) in [6.45, 7) is 3.49. The molecule has 0 unspecified atom stereocenters. The summed E-state index contributed by atoms with van der Waals surface area (Å²) in [7, 11) is 0. The minimum atomic E-state index is 0.686. The molecule has 0 spiro atoms. The Balaban J connectivity index is 1.46. The molecule has 1 aliphatic rings. The van der Waals surface area contributed by atoms with Gasteiger partial charge in [-0.2, -0.15) is 0 Å². The van der Waals surface area contributed by atoms with Gasteiger partial charge in [0, 0.05) is 24.2 Å². The fourth-order valence-electron chi connectivity index (χ4n) is 2.88. The molecule has 0 fully saturated rings. The normalized spacial score (nSPS) is 13.5. The first kappa shape index (κ1) is 15.9. The van der Waals surface area contributed by atoms with Gasteiger partial charge in [-0.15, -0.1) is 0 Å². The van der Waals surface area contributed by atoms with Gasteiger partial charge in [-0.1, -0.05) is 57.9 Å². The lowest BCUT2D eigenvalue weighted by atomic mass is 10.2. The van der Waals surface area contributed by atoms with Gasteiger partial charge in [0.1, 0.15) is 0 Å². The first-order valence-electron chi connectivity index (χ1n) is 7.58. The molecular weight excluding hydrogens is 362 g/mol. The third-order valence-corrected chi connectivity index (χ3v) is 4.65. The maximum Gasteiger partial charge on any atom is 0.0716 e. The Kier molecular flexibility index (Phi) is 5.40. The number of rotatable bonds is 6. The number of hydrogen-bond acceptors (Lipinski definition) is 2. The van der Waals surface area contributed by atoms with Gasteiger partial charge in [0.05, 0.1) is 17.3 Å². The lowest BCUT2D eigenvalue weighted by molar-refractivity contribution is 0.119. The Bertz CT molecular complexity index is 632. The highest BCUT2D eigenvalue weighted by Crippen LogP contribution is 2.37. The van der Waals surface area contributed by atoms with Crippen LogP contribution in [0.3, 0.4) is 0 Å².